The zero-order valence-corrected chi connectivity index (χ0v) is 18.3. The quantitative estimate of drug-likeness (QED) is 0.684. The van der Waals surface area contributed by atoms with Crippen LogP contribution in [0.25, 0.3) is 11.7 Å². The first-order chi connectivity index (χ1) is 13.0. The van der Waals surface area contributed by atoms with Crippen LogP contribution in [0.15, 0.2) is 10.9 Å². The summed E-state index contributed by atoms with van der Waals surface area (Å²) < 4.78 is 2.69. The van der Waals surface area contributed by atoms with Crippen molar-refractivity contribution in [2.45, 2.75) is 60.0 Å². The van der Waals surface area contributed by atoms with E-state index < -0.39 is 17.3 Å². The van der Waals surface area contributed by atoms with Gasteiger partial charge < -0.3 is 16.2 Å². The number of nitrogens with zero attached hydrogens (tertiary/aromatic N) is 3. The minimum absolute atomic E-state index is 0. The second-order valence-electron chi connectivity index (χ2n) is 9.04. The van der Waals surface area contributed by atoms with Crippen molar-refractivity contribution in [2.75, 3.05) is 5.73 Å². The van der Waals surface area contributed by atoms with Gasteiger partial charge in [0.15, 0.2) is 17.0 Å². The van der Waals surface area contributed by atoms with E-state index in [0.717, 1.165) is 12.8 Å². The summed E-state index contributed by atoms with van der Waals surface area (Å²) in [5, 5.41) is 17.7. The number of aromatic nitrogens is 3. The molecule has 0 unspecified atom stereocenters. The van der Waals surface area contributed by atoms with E-state index in [4.69, 9.17) is 5.73 Å². The lowest BCUT2D eigenvalue weighted by Gasteiger charge is -2.22. The Bertz CT molecular complexity index is 1010. The number of rotatable bonds is 5. The maximum Gasteiger partial charge on any atom is 0.270 e. The maximum absolute atomic E-state index is 13.3. The summed E-state index contributed by atoms with van der Waals surface area (Å²) in [5.41, 5.74) is 5.95. The van der Waals surface area contributed by atoms with Gasteiger partial charge in [0.2, 0.25) is 5.88 Å². The molecule has 3 rings (SSSR count). The molecule has 0 saturated heterocycles. The molecule has 1 aliphatic rings. The Morgan fingerprint density at radius 1 is 1.38 bits per heavy atom. The first-order valence-corrected chi connectivity index (χ1v) is 9.62. The van der Waals surface area contributed by atoms with Crippen LogP contribution < -0.4 is 16.6 Å². The molecule has 160 valence electrons. The van der Waals surface area contributed by atoms with Crippen LogP contribution in [-0.2, 0) is 6.54 Å². The van der Waals surface area contributed by atoms with Gasteiger partial charge in [-0.15, -0.1) is 17.5 Å². The van der Waals surface area contributed by atoms with Crippen LogP contribution in [0, 0.1) is 11.3 Å². The van der Waals surface area contributed by atoms with Crippen molar-refractivity contribution in [3.05, 3.63) is 27.6 Å². The number of carbonyl (C=O) groups excluding carboxylic acids is 1. The molecule has 2 aromatic rings. The summed E-state index contributed by atoms with van der Waals surface area (Å²) >= 11 is 0. The highest BCUT2D eigenvalue weighted by atomic mass is 35.5. The second-order valence-corrected chi connectivity index (χ2v) is 9.04. The summed E-state index contributed by atoms with van der Waals surface area (Å²) in [6.07, 6.45) is 5.52. The highest BCUT2D eigenvalue weighted by molar-refractivity contribution is 5.97. The van der Waals surface area contributed by atoms with E-state index in [1.54, 1.807) is 0 Å². The fraction of sp³-hybridized carbons (Fsp3) is 0.550. The molecule has 1 saturated carbocycles. The first kappa shape index (κ1) is 22.8. The summed E-state index contributed by atoms with van der Waals surface area (Å²) in [5.74, 6) is -0.606. The summed E-state index contributed by atoms with van der Waals surface area (Å²) in [6.45, 7) is 10.4. The molecule has 0 aromatic carbocycles. The van der Waals surface area contributed by atoms with Crippen LogP contribution in [0.2, 0.25) is 0 Å². The molecule has 8 nitrogen and oxygen atoms in total. The SMILES string of the molecule is CC(C)/C=C/c1c(N)nn2c(O)c(C(=O)NC3CC3)c(=O)n(CC(C)(C)C)c12.Cl. The van der Waals surface area contributed by atoms with Crippen molar-refractivity contribution >= 4 is 35.9 Å². The van der Waals surface area contributed by atoms with E-state index in [2.05, 4.69) is 10.4 Å². The number of amides is 1. The Balaban J connectivity index is 0.00000300. The average molecular weight is 424 g/mol. The van der Waals surface area contributed by atoms with Crippen molar-refractivity contribution in [3.63, 3.8) is 0 Å². The molecular formula is C20H30ClN5O3. The van der Waals surface area contributed by atoms with Crippen molar-refractivity contribution in [1.29, 1.82) is 0 Å². The van der Waals surface area contributed by atoms with Gasteiger partial charge in [0.05, 0.1) is 5.56 Å². The summed E-state index contributed by atoms with van der Waals surface area (Å²) in [7, 11) is 0. The van der Waals surface area contributed by atoms with Gasteiger partial charge in [-0.1, -0.05) is 46.8 Å². The predicted molar refractivity (Wildman–Crippen MR) is 117 cm³/mol. The number of halogens is 1. The average Bonchev–Trinajstić information content (AvgIpc) is 3.30. The number of nitrogen functional groups attached to an aromatic ring is 1. The highest BCUT2D eigenvalue weighted by Crippen LogP contribution is 2.28. The molecule has 2 heterocycles. The molecule has 4 N–H and O–H groups in total. The summed E-state index contributed by atoms with van der Waals surface area (Å²) in [6, 6.07) is 0.0605. The Morgan fingerprint density at radius 2 is 2.00 bits per heavy atom. The second kappa shape index (κ2) is 8.10. The van der Waals surface area contributed by atoms with Crippen LogP contribution >= 0.6 is 12.4 Å². The third kappa shape index (κ3) is 4.75. The smallest absolute Gasteiger partial charge is 0.270 e. The van der Waals surface area contributed by atoms with E-state index in [1.807, 2.05) is 46.8 Å². The van der Waals surface area contributed by atoms with E-state index in [0.29, 0.717) is 17.8 Å². The van der Waals surface area contributed by atoms with Gasteiger partial charge >= 0.3 is 0 Å². The largest absolute Gasteiger partial charge is 0.492 e. The molecule has 0 aliphatic heterocycles. The lowest BCUT2D eigenvalue weighted by atomic mass is 9.96. The number of carbonyl (C=O) groups is 1. The van der Waals surface area contributed by atoms with Crippen LogP contribution in [0.5, 0.6) is 5.88 Å². The van der Waals surface area contributed by atoms with E-state index >= 15 is 0 Å². The van der Waals surface area contributed by atoms with Crippen LogP contribution in [0.3, 0.4) is 0 Å². The molecule has 0 atom stereocenters. The number of anilines is 1. The van der Waals surface area contributed by atoms with Gasteiger partial charge in [0.25, 0.3) is 11.5 Å². The molecule has 0 radical (unpaired) electrons. The van der Waals surface area contributed by atoms with Crippen LogP contribution in [0.4, 0.5) is 5.82 Å². The van der Waals surface area contributed by atoms with Crippen molar-refractivity contribution in [1.82, 2.24) is 19.5 Å². The number of nitrogens with two attached hydrogens (primary N) is 1. The first-order valence-electron chi connectivity index (χ1n) is 9.62. The van der Waals surface area contributed by atoms with Gasteiger partial charge in [0, 0.05) is 12.6 Å². The summed E-state index contributed by atoms with van der Waals surface area (Å²) in [4.78, 5) is 25.9. The zero-order chi connectivity index (χ0) is 20.8. The monoisotopic (exact) mass is 423 g/mol. The lowest BCUT2D eigenvalue weighted by Crippen LogP contribution is -2.37. The van der Waals surface area contributed by atoms with Crippen LogP contribution in [0.1, 0.15) is 63.4 Å². The van der Waals surface area contributed by atoms with Crippen molar-refractivity contribution in [3.8, 4) is 5.88 Å². The molecule has 9 heteroatoms. The van der Waals surface area contributed by atoms with Gasteiger partial charge in [-0.2, -0.15) is 4.52 Å². The number of allylic oxidation sites excluding steroid dienone is 1. The van der Waals surface area contributed by atoms with E-state index in [-0.39, 0.29) is 41.2 Å². The molecule has 2 aromatic heterocycles. The number of nitrogens with one attached hydrogen (secondary N) is 1. The molecule has 1 aliphatic carbocycles. The molecule has 1 fully saturated rings. The van der Waals surface area contributed by atoms with Crippen molar-refractivity contribution in [2.24, 2.45) is 11.3 Å². The predicted octanol–water partition coefficient (Wildman–Crippen LogP) is 2.81. The Morgan fingerprint density at radius 3 is 2.52 bits per heavy atom. The van der Waals surface area contributed by atoms with E-state index in [1.165, 1.54) is 9.08 Å². The third-order valence-corrected chi connectivity index (χ3v) is 4.48. The zero-order valence-electron chi connectivity index (χ0n) is 17.5. The lowest BCUT2D eigenvalue weighted by molar-refractivity contribution is 0.0944. The standard InChI is InChI=1S/C20H29N5O3.ClH/c1-11(2)6-9-13-15(21)23-25-17(13)24(10-20(3,4)5)18(27)14(19(25)28)16(26)22-12-7-8-12;/h6,9,11-12,28H,7-8,10H2,1-5H3,(H2,21,23)(H,22,26);1H/b9-6+;. The van der Waals surface area contributed by atoms with Gasteiger partial charge in [0.1, 0.15) is 0 Å². The number of hydrogen-bond donors (Lipinski definition) is 3. The fourth-order valence-corrected chi connectivity index (χ4v) is 3.03. The third-order valence-electron chi connectivity index (χ3n) is 4.48. The molecule has 0 bridgehead atoms. The normalized spacial score (nSPS) is 14.6. The minimum atomic E-state index is -0.581. The molecular weight excluding hydrogens is 394 g/mol. The molecule has 29 heavy (non-hydrogen) atoms. The van der Waals surface area contributed by atoms with E-state index in [9.17, 15) is 14.7 Å². The van der Waals surface area contributed by atoms with Crippen molar-refractivity contribution < 1.29 is 9.90 Å². The van der Waals surface area contributed by atoms with Gasteiger partial charge in [-0.3, -0.25) is 14.2 Å². The Hall–Kier alpha value is -2.48. The maximum atomic E-state index is 13.3. The molecule has 1 amide bonds. The minimum Gasteiger partial charge on any atom is -0.492 e. The number of fused-ring (bicyclic) bond motifs is 1. The fourth-order valence-electron chi connectivity index (χ4n) is 3.03. The Labute approximate surface area is 176 Å². The highest BCUT2D eigenvalue weighted by Gasteiger charge is 2.31. The van der Waals surface area contributed by atoms with Gasteiger partial charge in [-0.05, 0) is 24.2 Å². The van der Waals surface area contributed by atoms with Crippen LogP contribution in [-0.4, -0.2) is 31.2 Å². The Kier molecular flexibility index (Phi) is 6.37. The molecule has 0 spiro atoms. The number of hydrogen-bond acceptors (Lipinski definition) is 5. The topological polar surface area (TPSA) is 115 Å². The number of aromatic hydroxyl groups is 1. The van der Waals surface area contributed by atoms with Gasteiger partial charge in [-0.25, -0.2) is 0 Å².